The number of nitrogens with zero attached hydrogens (tertiary/aromatic N) is 1. The Bertz CT molecular complexity index is 840. The van der Waals surface area contributed by atoms with Crippen LogP contribution < -0.4 is 4.74 Å². The topological polar surface area (TPSA) is 59.8 Å². The summed E-state index contributed by atoms with van der Waals surface area (Å²) in [5, 5.41) is 0. The highest BCUT2D eigenvalue weighted by atomic mass is 32.2. The van der Waals surface area contributed by atoms with E-state index in [0.717, 1.165) is 36.3 Å². The number of furan rings is 1. The number of thioether (sulfide) groups is 1. The van der Waals surface area contributed by atoms with Crippen LogP contribution in [0.15, 0.2) is 52.0 Å². The molecule has 5 nitrogen and oxygen atoms in total. The van der Waals surface area contributed by atoms with Crippen molar-refractivity contribution in [1.82, 2.24) is 4.90 Å². The molecule has 28 heavy (non-hydrogen) atoms. The molecule has 2 amide bonds. The first-order valence-electron chi connectivity index (χ1n) is 9.64. The maximum atomic E-state index is 13.0. The normalized spacial score (nSPS) is 14.3. The Morgan fingerprint density at radius 2 is 1.82 bits per heavy atom. The molecule has 1 aliphatic heterocycles. The predicted molar refractivity (Wildman–Crippen MR) is 111 cm³/mol. The lowest BCUT2D eigenvalue weighted by Gasteiger charge is -2.14. The Morgan fingerprint density at radius 3 is 2.46 bits per heavy atom. The zero-order valence-electron chi connectivity index (χ0n) is 16.3. The third-order valence-electron chi connectivity index (χ3n) is 4.42. The highest BCUT2D eigenvalue weighted by molar-refractivity contribution is 8.03. The van der Waals surface area contributed by atoms with Crippen LogP contribution in [0.4, 0.5) is 0 Å². The number of amides is 2. The van der Waals surface area contributed by atoms with Gasteiger partial charge < -0.3 is 9.15 Å². The third kappa shape index (κ3) is 4.50. The molecule has 0 atom stereocenters. The van der Waals surface area contributed by atoms with Gasteiger partial charge in [0.1, 0.15) is 11.5 Å². The summed E-state index contributed by atoms with van der Waals surface area (Å²) in [5.74, 6) is 1.60. The Hall–Kier alpha value is -2.47. The molecule has 2 heterocycles. The smallest absolute Gasteiger partial charge is 0.267 e. The molecule has 0 spiro atoms. The van der Waals surface area contributed by atoms with Crippen molar-refractivity contribution >= 4 is 29.1 Å². The third-order valence-corrected chi connectivity index (χ3v) is 5.51. The quantitative estimate of drug-likeness (QED) is 0.533. The summed E-state index contributed by atoms with van der Waals surface area (Å²) in [6, 6.07) is 11.1. The lowest BCUT2D eigenvalue weighted by atomic mass is 10.1. The van der Waals surface area contributed by atoms with Crippen LogP contribution in [0.25, 0.3) is 5.57 Å². The molecule has 1 aromatic carbocycles. The van der Waals surface area contributed by atoms with Crippen molar-refractivity contribution in [3.8, 4) is 5.75 Å². The number of unbranched alkanes of at least 4 members (excludes halogenated alkanes) is 1. The molecular formula is C22H25NO4S. The van der Waals surface area contributed by atoms with Gasteiger partial charge in [0, 0.05) is 6.54 Å². The molecule has 0 radical (unpaired) electrons. The van der Waals surface area contributed by atoms with Gasteiger partial charge in [-0.1, -0.05) is 32.4 Å². The zero-order valence-corrected chi connectivity index (χ0v) is 17.1. The molecule has 0 saturated carbocycles. The van der Waals surface area contributed by atoms with E-state index >= 15 is 0 Å². The fourth-order valence-electron chi connectivity index (χ4n) is 2.94. The van der Waals surface area contributed by atoms with Gasteiger partial charge in [-0.3, -0.25) is 14.5 Å². The molecule has 6 heteroatoms. The van der Waals surface area contributed by atoms with Gasteiger partial charge in [0.15, 0.2) is 0 Å². The summed E-state index contributed by atoms with van der Waals surface area (Å²) in [6.45, 7) is 5.19. The monoisotopic (exact) mass is 399 g/mol. The molecular weight excluding hydrogens is 374 g/mol. The van der Waals surface area contributed by atoms with Gasteiger partial charge in [0.05, 0.1) is 29.1 Å². The van der Waals surface area contributed by atoms with Crippen molar-refractivity contribution in [1.29, 1.82) is 0 Å². The van der Waals surface area contributed by atoms with Crippen LogP contribution in [0.2, 0.25) is 0 Å². The van der Waals surface area contributed by atoms with Crippen molar-refractivity contribution in [3.63, 3.8) is 0 Å². The van der Waals surface area contributed by atoms with Gasteiger partial charge >= 0.3 is 0 Å². The summed E-state index contributed by atoms with van der Waals surface area (Å²) in [5.41, 5.74) is 1.21. The average molecular weight is 400 g/mol. The fraction of sp³-hybridized carbons (Fsp3) is 0.364. The van der Waals surface area contributed by atoms with E-state index in [9.17, 15) is 9.59 Å². The maximum absolute atomic E-state index is 13.0. The van der Waals surface area contributed by atoms with Crippen LogP contribution in [-0.2, 0) is 15.3 Å². The molecule has 3 rings (SSSR count). The van der Waals surface area contributed by atoms with Crippen LogP contribution in [0.3, 0.4) is 0 Å². The minimum absolute atomic E-state index is 0.212. The van der Waals surface area contributed by atoms with Crippen molar-refractivity contribution in [2.75, 3.05) is 13.2 Å². The minimum Gasteiger partial charge on any atom is -0.494 e. The van der Waals surface area contributed by atoms with Gasteiger partial charge in [-0.05, 0) is 42.7 Å². The number of rotatable bonds is 10. The SMILES string of the molecule is CCCCN1C(=O)C(SCc2ccco2)=C(c2ccc(OCCC)cc2)C1=O. The summed E-state index contributed by atoms with van der Waals surface area (Å²) < 4.78 is 11.0. The van der Waals surface area contributed by atoms with Crippen molar-refractivity contribution in [2.24, 2.45) is 0 Å². The summed E-state index contributed by atoms with van der Waals surface area (Å²) >= 11 is 1.35. The largest absolute Gasteiger partial charge is 0.494 e. The number of hydrogen-bond acceptors (Lipinski definition) is 5. The second-order valence-electron chi connectivity index (χ2n) is 6.56. The molecule has 2 aromatic rings. The molecule has 0 N–H and O–H groups in total. The first-order valence-corrected chi connectivity index (χ1v) is 10.6. The molecule has 1 aromatic heterocycles. The lowest BCUT2D eigenvalue weighted by Crippen LogP contribution is -2.32. The first-order chi connectivity index (χ1) is 13.7. The summed E-state index contributed by atoms with van der Waals surface area (Å²) in [6.07, 6.45) is 4.25. The van der Waals surface area contributed by atoms with Crippen molar-refractivity contribution in [2.45, 2.75) is 38.9 Å². The number of carbonyl (C=O) groups is 2. The van der Waals surface area contributed by atoms with Gasteiger partial charge in [0.2, 0.25) is 0 Å². The Kier molecular flexibility index (Phi) is 6.98. The molecule has 1 aliphatic rings. The van der Waals surface area contributed by atoms with Gasteiger partial charge in [-0.25, -0.2) is 0 Å². The average Bonchev–Trinajstić information content (AvgIpc) is 3.30. The van der Waals surface area contributed by atoms with Crippen LogP contribution in [-0.4, -0.2) is 29.9 Å². The number of imide groups is 1. The van der Waals surface area contributed by atoms with E-state index < -0.39 is 0 Å². The van der Waals surface area contributed by atoms with E-state index in [1.807, 2.05) is 43.3 Å². The minimum atomic E-state index is -0.220. The molecule has 0 saturated heterocycles. The zero-order chi connectivity index (χ0) is 19.9. The van der Waals surface area contributed by atoms with E-state index in [1.165, 1.54) is 16.7 Å². The molecule has 0 unspecified atom stereocenters. The Morgan fingerprint density at radius 1 is 1.04 bits per heavy atom. The van der Waals surface area contributed by atoms with Crippen molar-refractivity contribution in [3.05, 3.63) is 58.9 Å². The van der Waals surface area contributed by atoms with Crippen LogP contribution >= 0.6 is 11.8 Å². The standard InChI is InChI=1S/C22H25NO4S/c1-3-5-12-23-21(24)19(16-8-10-17(11-9-16)26-13-4-2)20(22(23)25)28-15-18-7-6-14-27-18/h6-11,14H,3-5,12-13,15H2,1-2H3. The van der Waals surface area contributed by atoms with Crippen LogP contribution in [0, 0.1) is 0 Å². The highest BCUT2D eigenvalue weighted by Gasteiger charge is 2.38. The summed E-state index contributed by atoms with van der Waals surface area (Å²) in [7, 11) is 0. The lowest BCUT2D eigenvalue weighted by molar-refractivity contribution is -0.136. The fourth-order valence-corrected chi connectivity index (χ4v) is 3.97. The highest BCUT2D eigenvalue weighted by Crippen LogP contribution is 2.38. The first kappa shape index (κ1) is 20.3. The van der Waals surface area contributed by atoms with E-state index in [2.05, 4.69) is 6.92 Å². The van der Waals surface area contributed by atoms with E-state index in [-0.39, 0.29) is 11.8 Å². The molecule has 0 bridgehead atoms. The van der Waals surface area contributed by atoms with Crippen LogP contribution in [0.1, 0.15) is 44.4 Å². The van der Waals surface area contributed by atoms with E-state index in [4.69, 9.17) is 9.15 Å². The maximum Gasteiger partial charge on any atom is 0.267 e. The number of benzene rings is 1. The second kappa shape index (κ2) is 9.64. The van der Waals surface area contributed by atoms with Gasteiger partial charge in [-0.2, -0.15) is 0 Å². The van der Waals surface area contributed by atoms with Crippen LogP contribution in [0.5, 0.6) is 5.75 Å². The molecule has 0 fully saturated rings. The molecule has 148 valence electrons. The number of carbonyl (C=O) groups excluding carboxylic acids is 2. The molecule has 0 aliphatic carbocycles. The summed E-state index contributed by atoms with van der Waals surface area (Å²) in [4.78, 5) is 27.8. The van der Waals surface area contributed by atoms with Gasteiger partial charge in [-0.15, -0.1) is 11.8 Å². The Balaban J connectivity index is 1.88. The second-order valence-corrected chi connectivity index (χ2v) is 7.55. The van der Waals surface area contributed by atoms with Gasteiger partial charge in [0.25, 0.3) is 11.8 Å². The van der Waals surface area contributed by atoms with E-state index in [0.29, 0.717) is 29.4 Å². The Labute approximate surface area is 169 Å². The number of ether oxygens (including phenoxy) is 1. The number of hydrogen-bond donors (Lipinski definition) is 0. The predicted octanol–water partition coefficient (Wildman–Crippen LogP) is 4.88. The van der Waals surface area contributed by atoms with Crippen molar-refractivity contribution < 1.29 is 18.7 Å². The van der Waals surface area contributed by atoms with E-state index in [1.54, 1.807) is 6.26 Å².